The van der Waals surface area contributed by atoms with Crippen LogP contribution in [-0.2, 0) is 11.3 Å². The number of aryl methyl sites for hydroxylation is 1. The highest BCUT2D eigenvalue weighted by Crippen LogP contribution is 2.30. The molecule has 0 saturated carbocycles. The van der Waals surface area contributed by atoms with E-state index in [4.69, 9.17) is 14.1 Å². The van der Waals surface area contributed by atoms with E-state index in [0.717, 1.165) is 55.6 Å². The third-order valence-electron chi connectivity index (χ3n) is 4.60. The first-order chi connectivity index (χ1) is 10.3. The monoisotopic (exact) mass is 304 g/mol. The average Bonchev–Trinajstić information content (AvgIpc) is 3.20. The molecule has 0 aromatic carbocycles. The van der Waals surface area contributed by atoms with Crippen LogP contribution in [0.3, 0.4) is 0 Å². The summed E-state index contributed by atoms with van der Waals surface area (Å²) in [5, 5.41) is 4.13. The third kappa shape index (κ3) is 2.65. The van der Waals surface area contributed by atoms with Gasteiger partial charge in [0.25, 0.3) is 0 Å². The van der Waals surface area contributed by atoms with Crippen molar-refractivity contribution in [2.24, 2.45) is 5.92 Å². The van der Waals surface area contributed by atoms with E-state index in [1.165, 1.54) is 6.42 Å². The Bertz CT molecular complexity index is 608. The van der Waals surface area contributed by atoms with Gasteiger partial charge in [-0.3, -0.25) is 4.90 Å². The molecule has 5 heteroatoms. The number of fused-ring (bicyclic) bond motifs is 1. The summed E-state index contributed by atoms with van der Waals surface area (Å²) in [5.41, 5.74) is 2.16. The van der Waals surface area contributed by atoms with Gasteiger partial charge in [-0.2, -0.15) is 11.3 Å². The Morgan fingerprint density at radius 1 is 1.43 bits per heavy atom. The van der Waals surface area contributed by atoms with Crippen molar-refractivity contribution < 1.29 is 9.15 Å². The van der Waals surface area contributed by atoms with Crippen LogP contribution in [0.15, 0.2) is 21.2 Å². The van der Waals surface area contributed by atoms with E-state index in [1.54, 1.807) is 11.3 Å². The van der Waals surface area contributed by atoms with Gasteiger partial charge in [0.05, 0.1) is 11.8 Å². The summed E-state index contributed by atoms with van der Waals surface area (Å²) in [7, 11) is 0. The number of ether oxygens (including phenoxy) is 1. The number of nitrogens with zero attached hydrogens (tertiary/aromatic N) is 2. The molecule has 21 heavy (non-hydrogen) atoms. The number of rotatable bonds is 3. The molecule has 0 spiro atoms. The topological polar surface area (TPSA) is 38.5 Å². The minimum absolute atomic E-state index is 0.501. The summed E-state index contributed by atoms with van der Waals surface area (Å²) < 4.78 is 11.6. The maximum atomic E-state index is 5.83. The van der Waals surface area contributed by atoms with Gasteiger partial charge in [-0.15, -0.1) is 0 Å². The lowest BCUT2D eigenvalue weighted by atomic mass is 9.94. The zero-order valence-electron chi connectivity index (χ0n) is 12.2. The molecule has 4 rings (SSSR count). The highest BCUT2D eigenvalue weighted by Gasteiger charge is 2.34. The Labute approximate surface area is 128 Å². The molecule has 112 valence electrons. The summed E-state index contributed by atoms with van der Waals surface area (Å²) in [6, 6.07) is 2.06. The molecule has 4 nitrogen and oxygen atoms in total. The lowest BCUT2D eigenvalue weighted by Crippen LogP contribution is -2.40. The van der Waals surface area contributed by atoms with Crippen LogP contribution in [0.25, 0.3) is 11.5 Å². The number of hydrogen-bond donors (Lipinski definition) is 0. The van der Waals surface area contributed by atoms with E-state index in [-0.39, 0.29) is 0 Å². The molecule has 2 aromatic rings. The van der Waals surface area contributed by atoms with Crippen molar-refractivity contribution in [3.05, 3.63) is 28.3 Å². The molecule has 0 unspecified atom stereocenters. The van der Waals surface area contributed by atoms with E-state index < -0.39 is 0 Å². The van der Waals surface area contributed by atoms with E-state index >= 15 is 0 Å². The van der Waals surface area contributed by atoms with E-state index in [1.807, 2.05) is 6.92 Å². The predicted octanol–water partition coefficient (Wildman–Crippen LogP) is 3.32. The smallest absolute Gasteiger partial charge is 0.227 e. The number of hydrogen-bond acceptors (Lipinski definition) is 5. The molecule has 0 amide bonds. The third-order valence-corrected chi connectivity index (χ3v) is 5.29. The number of piperidine rings is 1. The Hall–Kier alpha value is -1.17. The quantitative estimate of drug-likeness (QED) is 0.872. The van der Waals surface area contributed by atoms with Crippen LogP contribution in [0, 0.1) is 12.8 Å². The Morgan fingerprint density at radius 2 is 2.38 bits per heavy atom. The van der Waals surface area contributed by atoms with Gasteiger partial charge in [-0.05, 0) is 31.2 Å². The Kier molecular flexibility index (Phi) is 3.57. The van der Waals surface area contributed by atoms with Crippen molar-refractivity contribution in [2.45, 2.75) is 32.4 Å². The zero-order valence-corrected chi connectivity index (χ0v) is 13.1. The minimum atomic E-state index is 0.501. The van der Waals surface area contributed by atoms with Crippen molar-refractivity contribution in [1.29, 1.82) is 0 Å². The molecular weight excluding hydrogens is 284 g/mol. The molecule has 2 fully saturated rings. The first-order valence-corrected chi connectivity index (χ1v) is 8.57. The van der Waals surface area contributed by atoms with Crippen molar-refractivity contribution in [3.8, 4) is 11.5 Å². The molecule has 2 aromatic heterocycles. The van der Waals surface area contributed by atoms with Crippen molar-refractivity contribution in [2.75, 3.05) is 19.7 Å². The molecular formula is C16H20N2O2S. The summed E-state index contributed by atoms with van der Waals surface area (Å²) in [5.74, 6) is 2.41. The van der Waals surface area contributed by atoms with Gasteiger partial charge in [0.2, 0.25) is 5.89 Å². The van der Waals surface area contributed by atoms with Gasteiger partial charge < -0.3 is 9.15 Å². The Balaban J connectivity index is 1.47. The normalized spacial score (nSPS) is 26.1. The van der Waals surface area contributed by atoms with Crippen molar-refractivity contribution >= 4 is 11.3 Å². The van der Waals surface area contributed by atoms with Gasteiger partial charge >= 0.3 is 0 Å². The number of oxazole rings is 1. The largest absolute Gasteiger partial charge is 0.441 e. The fourth-order valence-electron chi connectivity index (χ4n) is 3.39. The average molecular weight is 304 g/mol. The molecule has 0 aliphatic carbocycles. The second kappa shape index (κ2) is 5.55. The van der Waals surface area contributed by atoms with Crippen LogP contribution in [-0.4, -0.2) is 35.7 Å². The standard InChI is InChI=1S/C16H20N2O2S/c1-11-14(17-16(20-11)13-4-7-21-10-13)9-18-5-2-15-12(8-18)3-6-19-15/h4,7,10,12,15H,2-3,5-6,8-9H2,1H3/t12-,15+/m1/s1. The highest BCUT2D eigenvalue weighted by molar-refractivity contribution is 7.08. The fraction of sp³-hybridized carbons (Fsp3) is 0.562. The van der Waals surface area contributed by atoms with Crippen molar-refractivity contribution in [1.82, 2.24) is 9.88 Å². The lowest BCUT2D eigenvalue weighted by Gasteiger charge is -2.33. The van der Waals surface area contributed by atoms with Crippen LogP contribution in [0.5, 0.6) is 0 Å². The SMILES string of the molecule is Cc1oc(-c2ccsc2)nc1CN1CC[C@@H]2OCC[C@@H]2C1. The minimum Gasteiger partial charge on any atom is -0.441 e. The maximum Gasteiger partial charge on any atom is 0.227 e. The van der Waals surface area contributed by atoms with Crippen LogP contribution in [0.1, 0.15) is 24.3 Å². The molecule has 0 radical (unpaired) electrons. The van der Waals surface area contributed by atoms with Gasteiger partial charge in [-0.1, -0.05) is 0 Å². The summed E-state index contributed by atoms with van der Waals surface area (Å²) in [6.45, 7) is 6.08. The lowest BCUT2D eigenvalue weighted by molar-refractivity contribution is 0.0323. The molecule has 0 bridgehead atoms. The predicted molar refractivity (Wildman–Crippen MR) is 82.3 cm³/mol. The van der Waals surface area contributed by atoms with Gasteiger partial charge in [0.15, 0.2) is 0 Å². The molecule has 2 aliphatic rings. The fourth-order valence-corrected chi connectivity index (χ4v) is 4.02. The summed E-state index contributed by atoms with van der Waals surface area (Å²) >= 11 is 1.67. The highest BCUT2D eigenvalue weighted by atomic mass is 32.1. The van der Waals surface area contributed by atoms with Gasteiger partial charge in [0, 0.05) is 43.1 Å². The number of aromatic nitrogens is 1. The van der Waals surface area contributed by atoms with Gasteiger partial charge in [0.1, 0.15) is 5.76 Å². The van der Waals surface area contributed by atoms with Crippen molar-refractivity contribution in [3.63, 3.8) is 0 Å². The summed E-state index contributed by atoms with van der Waals surface area (Å²) in [4.78, 5) is 7.20. The number of likely N-dealkylation sites (tertiary alicyclic amines) is 1. The second-order valence-electron chi connectivity index (χ2n) is 6.02. The van der Waals surface area contributed by atoms with Crippen LogP contribution in [0.2, 0.25) is 0 Å². The van der Waals surface area contributed by atoms with Crippen LogP contribution < -0.4 is 0 Å². The van der Waals surface area contributed by atoms with E-state index in [0.29, 0.717) is 12.0 Å². The van der Waals surface area contributed by atoms with Crippen LogP contribution in [0.4, 0.5) is 0 Å². The van der Waals surface area contributed by atoms with E-state index in [9.17, 15) is 0 Å². The molecule has 0 N–H and O–H groups in total. The molecule has 2 saturated heterocycles. The molecule has 2 atom stereocenters. The number of thiophene rings is 1. The van der Waals surface area contributed by atoms with E-state index in [2.05, 4.69) is 21.7 Å². The Morgan fingerprint density at radius 3 is 3.24 bits per heavy atom. The summed E-state index contributed by atoms with van der Waals surface area (Å²) in [6.07, 6.45) is 2.86. The van der Waals surface area contributed by atoms with Gasteiger partial charge in [-0.25, -0.2) is 4.98 Å². The molecule has 4 heterocycles. The first kappa shape index (κ1) is 13.5. The molecule has 2 aliphatic heterocycles. The maximum absolute atomic E-state index is 5.83. The zero-order chi connectivity index (χ0) is 14.2. The van der Waals surface area contributed by atoms with Crippen LogP contribution >= 0.6 is 11.3 Å². The second-order valence-corrected chi connectivity index (χ2v) is 6.80. The first-order valence-electron chi connectivity index (χ1n) is 7.62.